The van der Waals surface area contributed by atoms with E-state index in [0.717, 1.165) is 0 Å². The van der Waals surface area contributed by atoms with Crippen molar-refractivity contribution in [2.24, 2.45) is 0 Å². The number of methoxy groups -OCH3 is 2. The molecule has 0 aliphatic carbocycles. The number of aliphatic hydroxyl groups is 1. The minimum absolute atomic E-state index is 0.172. The van der Waals surface area contributed by atoms with Crippen molar-refractivity contribution in [1.82, 2.24) is 0 Å². The molecule has 23 heavy (non-hydrogen) atoms. The van der Waals surface area contributed by atoms with Crippen molar-refractivity contribution in [3.8, 4) is 23.3 Å². The third-order valence-corrected chi connectivity index (χ3v) is 3.19. The summed E-state index contributed by atoms with van der Waals surface area (Å²) in [4.78, 5) is 12.3. The van der Waals surface area contributed by atoms with Crippen molar-refractivity contribution in [3.05, 3.63) is 53.1 Å². The SMILES string of the molecule is COc1cc(C(=O)Oc2ccc(C#N)cc2)c(OC)cc1CO. The molecule has 0 fully saturated rings. The van der Waals surface area contributed by atoms with E-state index in [4.69, 9.17) is 19.5 Å². The number of hydrogen-bond donors (Lipinski definition) is 1. The summed E-state index contributed by atoms with van der Waals surface area (Å²) < 4.78 is 15.6. The predicted molar refractivity (Wildman–Crippen MR) is 81.6 cm³/mol. The van der Waals surface area contributed by atoms with Gasteiger partial charge in [0.25, 0.3) is 0 Å². The number of carbonyl (C=O) groups is 1. The first-order valence-electron chi connectivity index (χ1n) is 6.71. The molecule has 0 aliphatic heterocycles. The molecule has 0 amide bonds. The lowest BCUT2D eigenvalue weighted by atomic mass is 10.1. The van der Waals surface area contributed by atoms with Crippen LogP contribution in [-0.4, -0.2) is 25.3 Å². The second-order valence-electron chi connectivity index (χ2n) is 4.55. The van der Waals surface area contributed by atoms with Crippen LogP contribution in [0.5, 0.6) is 17.2 Å². The highest BCUT2D eigenvalue weighted by Crippen LogP contribution is 2.30. The summed E-state index contributed by atoms with van der Waals surface area (Å²) >= 11 is 0. The van der Waals surface area contributed by atoms with Crippen molar-refractivity contribution in [2.75, 3.05) is 14.2 Å². The van der Waals surface area contributed by atoms with Crippen LogP contribution in [-0.2, 0) is 6.61 Å². The maximum Gasteiger partial charge on any atom is 0.347 e. The van der Waals surface area contributed by atoms with Crippen LogP contribution < -0.4 is 14.2 Å². The molecule has 0 aromatic heterocycles. The zero-order valence-corrected chi connectivity index (χ0v) is 12.7. The summed E-state index contributed by atoms with van der Waals surface area (Å²) in [5, 5.41) is 18.1. The fourth-order valence-electron chi connectivity index (χ4n) is 2.00. The van der Waals surface area contributed by atoms with Crippen LogP contribution in [0.15, 0.2) is 36.4 Å². The number of esters is 1. The van der Waals surface area contributed by atoms with Crippen LogP contribution in [0.1, 0.15) is 21.5 Å². The van der Waals surface area contributed by atoms with Gasteiger partial charge in [-0.2, -0.15) is 5.26 Å². The van der Waals surface area contributed by atoms with Gasteiger partial charge in [-0.05, 0) is 36.4 Å². The van der Waals surface area contributed by atoms with Crippen LogP contribution in [0.4, 0.5) is 0 Å². The Morgan fingerprint density at radius 3 is 2.30 bits per heavy atom. The van der Waals surface area contributed by atoms with E-state index in [0.29, 0.717) is 22.6 Å². The van der Waals surface area contributed by atoms with E-state index in [9.17, 15) is 9.90 Å². The van der Waals surface area contributed by atoms with Crippen molar-refractivity contribution in [1.29, 1.82) is 5.26 Å². The first-order valence-corrected chi connectivity index (χ1v) is 6.71. The smallest absolute Gasteiger partial charge is 0.347 e. The molecule has 0 unspecified atom stereocenters. The molecular formula is C17H15NO5. The van der Waals surface area contributed by atoms with Crippen molar-refractivity contribution < 1.29 is 24.1 Å². The van der Waals surface area contributed by atoms with Crippen LogP contribution in [0.2, 0.25) is 0 Å². The maximum atomic E-state index is 12.3. The minimum Gasteiger partial charge on any atom is -0.496 e. The fraction of sp³-hybridized carbons (Fsp3) is 0.176. The topological polar surface area (TPSA) is 88.8 Å². The van der Waals surface area contributed by atoms with Crippen LogP contribution >= 0.6 is 0 Å². The molecule has 0 saturated carbocycles. The lowest BCUT2D eigenvalue weighted by Crippen LogP contribution is -2.11. The zero-order chi connectivity index (χ0) is 16.8. The van der Waals surface area contributed by atoms with E-state index in [2.05, 4.69) is 0 Å². The Balaban J connectivity index is 2.32. The molecule has 0 atom stereocenters. The Bertz CT molecular complexity index is 747. The van der Waals surface area contributed by atoms with Gasteiger partial charge in [0, 0.05) is 5.56 Å². The van der Waals surface area contributed by atoms with Gasteiger partial charge < -0.3 is 19.3 Å². The number of aliphatic hydroxyl groups excluding tert-OH is 1. The summed E-state index contributed by atoms with van der Waals surface area (Å²) in [6.07, 6.45) is 0. The Morgan fingerprint density at radius 1 is 1.13 bits per heavy atom. The number of benzene rings is 2. The molecule has 0 heterocycles. The van der Waals surface area contributed by atoms with Gasteiger partial charge in [0.1, 0.15) is 22.8 Å². The van der Waals surface area contributed by atoms with Gasteiger partial charge in [-0.25, -0.2) is 4.79 Å². The van der Waals surface area contributed by atoms with Crippen LogP contribution in [0, 0.1) is 11.3 Å². The maximum absolute atomic E-state index is 12.3. The zero-order valence-electron chi connectivity index (χ0n) is 12.7. The number of nitrogens with zero attached hydrogens (tertiary/aromatic N) is 1. The van der Waals surface area contributed by atoms with E-state index in [-0.39, 0.29) is 17.9 Å². The number of ether oxygens (including phenoxy) is 3. The summed E-state index contributed by atoms with van der Waals surface area (Å²) in [5.74, 6) is 0.309. The third kappa shape index (κ3) is 3.59. The highest BCUT2D eigenvalue weighted by Gasteiger charge is 2.18. The molecule has 0 bridgehead atoms. The average molecular weight is 313 g/mol. The molecule has 2 rings (SSSR count). The molecule has 118 valence electrons. The number of carbonyl (C=O) groups excluding carboxylic acids is 1. The van der Waals surface area contributed by atoms with Crippen molar-refractivity contribution >= 4 is 5.97 Å². The number of nitriles is 1. The normalized spacial score (nSPS) is 9.83. The molecular weight excluding hydrogens is 298 g/mol. The summed E-state index contributed by atoms with van der Waals surface area (Å²) in [5.41, 5.74) is 1.14. The Labute approximate surface area is 133 Å². The van der Waals surface area contributed by atoms with E-state index in [1.54, 1.807) is 12.1 Å². The Morgan fingerprint density at radius 2 is 1.78 bits per heavy atom. The molecule has 2 aromatic carbocycles. The fourth-order valence-corrected chi connectivity index (χ4v) is 2.00. The average Bonchev–Trinajstić information content (AvgIpc) is 2.60. The molecule has 1 N–H and O–H groups in total. The van der Waals surface area contributed by atoms with Gasteiger partial charge >= 0.3 is 5.97 Å². The van der Waals surface area contributed by atoms with E-state index >= 15 is 0 Å². The molecule has 0 aliphatic rings. The lowest BCUT2D eigenvalue weighted by molar-refractivity contribution is 0.0730. The van der Waals surface area contributed by atoms with E-state index < -0.39 is 5.97 Å². The van der Waals surface area contributed by atoms with Gasteiger partial charge in [0.05, 0.1) is 32.5 Å². The van der Waals surface area contributed by atoms with Gasteiger partial charge in [0.15, 0.2) is 0 Å². The third-order valence-electron chi connectivity index (χ3n) is 3.19. The lowest BCUT2D eigenvalue weighted by Gasteiger charge is -2.13. The second-order valence-corrected chi connectivity index (χ2v) is 4.55. The molecule has 0 spiro atoms. The molecule has 6 nitrogen and oxygen atoms in total. The van der Waals surface area contributed by atoms with Crippen molar-refractivity contribution in [2.45, 2.75) is 6.61 Å². The quantitative estimate of drug-likeness (QED) is 0.673. The second kappa shape index (κ2) is 7.29. The molecule has 2 aromatic rings. The largest absolute Gasteiger partial charge is 0.496 e. The summed E-state index contributed by atoms with van der Waals surface area (Å²) in [6.45, 7) is -0.246. The monoisotopic (exact) mass is 313 g/mol. The predicted octanol–water partition coefficient (Wildman–Crippen LogP) is 2.29. The molecule has 0 radical (unpaired) electrons. The van der Waals surface area contributed by atoms with E-state index in [1.807, 2.05) is 6.07 Å². The van der Waals surface area contributed by atoms with Crippen molar-refractivity contribution in [3.63, 3.8) is 0 Å². The van der Waals surface area contributed by atoms with E-state index in [1.165, 1.54) is 38.5 Å². The Hall–Kier alpha value is -3.04. The Kier molecular flexibility index (Phi) is 5.18. The first kappa shape index (κ1) is 16.3. The highest BCUT2D eigenvalue weighted by atomic mass is 16.5. The van der Waals surface area contributed by atoms with Crippen LogP contribution in [0.25, 0.3) is 0 Å². The summed E-state index contributed by atoms with van der Waals surface area (Å²) in [6, 6.07) is 11.1. The van der Waals surface area contributed by atoms with Gasteiger partial charge in [0.2, 0.25) is 0 Å². The summed E-state index contributed by atoms with van der Waals surface area (Å²) in [7, 11) is 2.86. The first-order chi connectivity index (χ1) is 11.1. The highest BCUT2D eigenvalue weighted by molar-refractivity contribution is 5.94. The standard InChI is InChI=1S/C17H15NO5/c1-21-15-8-14(16(22-2)7-12(15)10-19)17(20)23-13-5-3-11(9-18)4-6-13/h3-8,19H,10H2,1-2H3. The van der Waals surface area contributed by atoms with Gasteiger partial charge in [-0.1, -0.05) is 0 Å². The van der Waals surface area contributed by atoms with Gasteiger partial charge in [-0.15, -0.1) is 0 Å². The number of rotatable bonds is 5. The van der Waals surface area contributed by atoms with Crippen LogP contribution in [0.3, 0.4) is 0 Å². The molecule has 6 heteroatoms. The number of hydrogen-bond acceptors (Lipinski definition) is 6. The minimum atomic E-state index is -0.630. The van der Waals surface area contributed by atoms with Gasteiger partial charge in [-0.3, -0.25) is 0 Å². The molecule has 0 saturated heterocycles.